The number of allylic oxidation sites excluding steroid dienone is 2. The second-order valence-electron chi connectivity index (χ2n) is 6.56. The van der Waals surface area contributed by atoms with Crippen LogP contribution in [0.5, 0.6) is 5.75 Å². The number of halogens is 1. The molecule has 4 heteroatoms. The highest BCUT2D eigenvalue weighted by molar-refractivity contribution is 9.10. The lowest BCUT2D eigenvalue weighted by Crippen LogP contribution is -2.30. The van der Waals surface area contributed by atoms with Gasteiger partial charge in [-0.2, -0.15) is 12.6 Å². The van der Waals surface area contributed by atoms with Crippen LogP contribution in [0.3, 0.4) is 0 Å². The number of anilines is 2. The summed E-state index contributed by atoms with van der Waals surface area (Å²) in [5.41, 5.74) is 4.51. The summed E-state index contributed by atoms with van der Waals surface area (Å²) in [6, 6.07) is 14.7. The van der Waals surface area contributed by atoms with E-state index in [1.165, 1.54) is 5.56 Å². The third kappa shape index (κ3) is 2.78. The van der Waals surface area contributed by atoms with Crippen LogP contribution >= 0.6 is 28.6 Å². The summed E-state index contributed by atoms with van der Waals surface area (Å²) in [6.07, 6.45) is 5.02. The van der Waals surface area contributed by atoms with Crippen molar-refractivity contribution in [3.63, 3.8) is 0 Å². The second kappa shape index (κ2) is 5.71. The van der Waals surface area contributed by atoms with Crippen LogP contribution in [0.1, 0.15) is 18.9 Å². The van der Waals surface area contributed by atoms with E-state index in [0.29, 0.717) is 0 Å². The van der Waals surface area contributed by atoms with Gasteiger partial charge < -0.3 is 9.64 Å². The van der Waals surface area contributed by atoms with Gasteiger partial charge in [0.1, 0.15) is 5.76 Å². The number of aryl methyl sites for hydroxylation is 1. The summed E-state index contributed by atoms with van der Waals surface area (Å²) in [5.74, 6) is 1.82. The maximum absolute atomic E-state index is 6.24. The van der Waals surface area contributed by atoms with Gasteiger partial charge in [-0.3, -0.25) is 0 Å². The molecular formula is C20H18BrNOS. The van der Waals surface area contributed by atoms with Gasteiger partial charge in [0.15, 0.2) is 5.75 Å². The Morgan fingerprint density at radius 3 is 2.67 bits per heavy atom. The third-order valence-electron chi connectivity index (χ3n) is 4.33. The van der Waals surface area contributed by atoms with Gasteiger partial charge in [-0.15, -0.1) is 0 Å². The van der Waals surface area contributed by atoms with Gasteiger partial charge in [0.2, 0.25) is 0 Å². The number of fused-ring (bicyclic) bond motifs is 1. The molecular weight excluding hydrogens is 382 g/mol. The normalized spacial score (nSPS) is 22.1. The highest BCUT2D eigenvalue weighted by atomic mass is 79.9. The van der Waals surface area contributed by atoms with E-state index in [4.69, 9.17) is 17.4 Å². The van der Waals surface area contributed by atoms with Crippen molar-refractivity contribution in [2.75, 3.05) is 4.90 Å². The molecule has 2 nitrogen and oxygen atoms in total. The van der Waals surface area contributed by atoms with E-state index in [1.54, 1.807) is 0 Å². The minimum Gasteiger partial charge on any atom is -0.457 e. The number of hydrogen-bond donors (Lipinski definition) is 1. The Kier molecular flexibility index (Phi) is 3.77. The number of ether oxygens (including phenoxy) is 1. The molecule has 1 atom stereocenters. The van der Waals surface area contributed by atoms with Crippen LogP contribution in [0.2, 0.25) is 0 Å². The number of hydrogen-bond acceptors (Lipinski definition) is 3. The molecule has 0 aromatic heterocycles. The molecule has 2 aromatic rings. The predicted molar refractivity (Wildman–Crippen MR) is 106 cm³/mol. The van der Waals surface area contributed by atoms with Crippen LogP contribution in [0.15, 0.2) is 70.5 Å². The zero-order valence-corrected chi connectivity index (χ0v) is 16.1. The Balaban J connectivity index is 1.89. The number of nitrogens with zero attached hydrogens (tertiary/aromatic N) is 1. The summed E-state index contributed by atoms with van der Waals surface area (Å²) in [5, 5.41) is 0. The van der Waals surface area contributed by atoms with E-state index in [1.807, 2.05) is 12.1 Å². The van der Waals surface area contributed by atoms with Crippen LogP contribution < -0.4 is 9.64 Å². The van der Waals surface area contributed by atoms with Crippen molar-refractivity contribution in [2.45, 2.75) is 25.0 Å². The van der Waals surface area contributed by atoms with Gasteiger partial charge in [-0.05, 0) is 50.3 Å². The first-order valence-corrected chi connectivity index (χ1v) is 9.16. The second-order valence-corrected chi connectivity index (χ2v) is 8.50. The van der Waals surface area contributed by atoms with Crippen molar-refractivity contribution in [1.29, 1.82) is 0 Å². The number of rotatable bonds is 1. The van der Waals surface area contributed by atoms with Gasteiger partial charge in [-0.1, -0.05) is 39.7 Å². The average molecular weight is 400 g/mol. The number of benzene rings is 2. The first kappa shape index (κ1) is 15.9. The van der Waals surface area contributed by atoms with Crippen molar-refractivity contribution in [3.8, 4) is 5.75 Å². The molecule has 0 saturated heterocycles. The Morgan fingerprint density at radius 1 is 1.17 bits per heavy atom. The SMILES string of the molecule is Cc1ccc(N2C3=C(CC(C)(S)C=C3)Oc3cc(Br)ccc32)cc1. The summed E-state index contributed by atoms with van der Waals surface area (Å²) in [6.45, 7) is 4.21. The van der Waals surface area contributed by atoms with Crippen LogP contribution in [0.25, 0.3) is 0 Å². The molecule has 1 unspecified atom stereocenters. The quantitative estimate of drug-likeness (QED) is 0.577. The Bertz CT molecular complexity index is 868. The van der Waals surface area contributed by atoms with Crippen molar-refractivity contribution in [3.05, 3.63) is 76.1 Å². The molecule has 0 N–H and O–H groups in total. The topological polar surface area (TPSA) is 12.5 Å². The van der Waals surface area contributed by atoms with Crippen molar-refractivity contribution in [2.24, 2.45) is 0 Å². The summed E-state index contributed by atoms with van der Waals surface area (Å²) in [7, 11) is 0. The lowest BCUT2D eigenvalue weighted by atomic mass is 9.96. The molecule has 24 heavy (non-hydrogen) atoms. The van der Waals surface area contributed by atoms with Gasteiger partial charge in [0.25, 0.3) is 0 Å². The highest BCUT2D eigenvalue weighted by Crippen LogP contribution is 2.47. The molecule has 122 valence electrons. The molecule has 0 bridgehead atoms. The molecule has 0 radical (unpaired) electrons. The van der Waals surface area contributed by atoms with Crippen LogP contribution in [-0.2, 0) is 0 Å². The summed E-state index contributed by atoms with van der Waals surface area (Å²) < 4.78 is 7.05. The maximum Gasteiger partial charge on any atom is 0.152 e. The van der Waals surface area contributed by atoms with Crippen LogP contribution in [-0.4, -0.2) is 4.75 Å². The number of thiol groups is 1. The highest BCUT2D eigenvalue weighted by Gasteiger charge is 2.33. The summed E-state index contributed by atoms with van der Waals surface area (Å²) in [4.78, 5) is 2.26. The Hall–Kier alpha value is -1.65. The maximum atomic E-state index is 6.24. The van der Waals surface area contributed by atoms with E-state index in [2.05, 4.69) is 77.2 Å². The lowest BCUT2D eigenvalue weighted by molar-refractivity contribution is 0.378. The molecule has 0 spiro atoms. The van der Waals surface area contributed by atoms with Gasteiger partial charge in [0, 0.05) is 21.3 Å². The monoisotopic (exact) mass is 399 g/mol. The third-order valence-corrected chi connectivity index (χ3v) is 5.13. The van der Waals surface area contributed by atoms with Gasteiger partial charge in [-0.25, -0.2) is 0 Å². The Labute approximate surface area is 156 Å². The molecule has 4 rings (SSSR count). The molecule has 1 aliphatic carbocycles. The molecule has 2 aliphatic rings. The van der Waals surface area contributed by atoms with Crippen molar-refractivity contribution >= 4 is 39.9 Å². The smallest absolute Gasteiger partial charge is 0.152 e. The fraction of sp³-hybridized carbons (Fsp3) is 0.200. The minimum atomic E-state index is -0.193. The average Bonchev–Trinajstić information content (AvgIpc) is 2.52. The molecule has 0 fully saturated rings. The standard InChI is InChI=1S/C20H18BrNOS/c1-13-3-6-15(7-4-13)22-16-8-5-14(21)11-18(16)23-19-12-20(2,24)10-9-17(19)22/h3-11,24H,12H2,1-2H3. The van der Waals surface area contributed by atoms with Gasteiger partial charge >= 0.3 is 0 Å². The molecule has 1 heterocycles. The van der Waals surface area contributed by atoms with E-state index >= 15 is 0 Å². The predicted octanol–water partition coefficient (Wildman–Crippen LogP) is 6.15. The first-order chi connectivity index (χ1) is 11.4. The van der Waals surface area contributed by atoms with Crippen molar-refractivity contribution in [1.82, 2.24) is 0 Å². The van der Waals surface area contributed by atoms with E-state index in [-0.39, 0.29) is 4.75 Å². The zero-order chi connectivity index (χ0) is 16.9. The van der Waals surface area contributed by atoms with Crippen molar-refractivity contribution < 1.29 is 4.74 Å². The molecule has 0 saturated carbocycles. The fourth-order valence-electron chi connectivity index (χ4n) is 3.10. The fourth-order valence-corrected chi connectivity index (χ4v) is 3.66. The van der Waals surface area contributed by atoms with Crippen LogP contribution in [0.4, 0.5) is 11.4 Å². The minimum absolute atomic E-state index is 0.193. The lowest BCUT2D eigenvalue weighted by Gasteiger charge is -2.38. The summed E-state index contributed by atoms with van der Waals surface area (Å²) >= 11 is 8.27. The largest absolute Gasteiger partial charge is 0.457 e. The zero-order valence-electron chi connectivity index (χ0n) is 13.6. The van der Waals surface area contributed by atoms with Crippen LogP contribution in [0, 0.1) is 6.92 Å². The van der Waals surface area contributed by atoms with E-state index in [0.717, 1.165) is 39.5 Å². The Morgan fingerprint density at radius 2 is 1.92 bits per heavy atom. The first-order valence-electron chi connectivity index (χ1n) is 7.92. The van der Waals surface area contributed by atoms with E-state index < -0.39 is 0 Å². The molecule has 2 aromatic carbocycles. The van der Waals surface area contributed by atoms with E-state index in [9.17, 15) is 0 Å². The van der Waals surface area contributed by atoms with Gasteiger partial charge in [0.05, 0.1) is 11.4 Å². The molecule has 1 aliphatic heterocycles. The molecule has 0 amide bonds.